The number of H-pyrrole nitrogens is 1. The summed E-state index contributed by atoms with van der Waals surface area (Å²) in [6.45, 7) is 3.76. The van der Waals surface area contributed by atoms with Gasteiger partial charge < -0.3 is 10.3 Å². The summed E-state index contributed by atoms with van der Waals surface area (Å²) in [5.41, 5.74) is 1.33. The number of aromatic nitrogens is 1. The summed E-state index contributed by atoms with van der Waals surface area (Å²) < 4.78 is 14.3. The molecule has 34 heavy (non-hydrogen) atoms. The van der Waals surface area contributed by atoms with Gasteiger partial charge in [0.25, 0.3) is 0 Å². The lowest BCUT2D eigenvalue weighted by molar-refractivity contribution is -0.145. The number of aromatic amines is 1. The Morgan fingerprint density at radius 1 is 1.12 bits per heavy atom. The number of carbonyl (C=O) groups is 3. The van der Waals surface area contributed by atoms with Gasteiger partial charge in [-0.1, -0.05) is 25.1 Å². The van der Waals surface area contributed by atoms with E-state index in [2.05, 4.69) is 15.6 Å². The fourth-order valence-electron chi connectivity index (χ4n) is 6.13. The van der Waals surface area contributed by atoms with Crippen molar-refractivity contribution in [2.45, 2.75) is 44.3 Å². The largest absolute Gasteiger partial charge is 0.361 e. The number of rotatable bonds is 4. The molecule has 1 aromatic heterocycles. The number of imide groups is 1. The fourth-order valence-corrected chi connectivity index (χ4v) is 6.13. The molecule has 0 unspecified atom stereocenters. The second-order valence-corrected chi connectivity index (χ2v) is 9.57. The Labute approximate surface area is 195 Å². The second-order valence-electron chi connectivity index (χ2n) is 9.57. The number of anilines is 1. The average Bonchev–Trinajstić information content (AvgIpc) is 3.53. The van der Waals surface area contributed by atoms with Crippen molar-refractivity contribution in [3.05, 3.63) is 65.6 Å². The van der Waals surface area contributed by atoms with Crippen LogP contribution in [0, 0.1) is 17.7 Å². The van der Waals surface area contributed by atoms with Crippen LogP contribution < -0.4 is 10.6 Å². The van der Waals surface area contributed by atoms with Crippen LogP contribution >= 0.6 is 0 Å². The standard InChI is InChI=1S/C26H25FN4O3/c1-3-13(2)31-23(32)21-20(10-14-12-28-18-7-5-4-6-16(14)18)30-26(22(21)24(31)33)17-11-15(27)8-9-19(17)29-25(26)34/h4-9,11-13,20-22,28,30H,3,10H2,1-2H3,(H,29,34)/t13-,20+,21+,22-,26-/m0/s1. The monoisotopic (exact) mass is 460 g/mol. The Kier molecular flexibility index (Phi) is 4.48. The molecule has 174 valence electrons. The van der Waals surface area contributed by atoms with Crippen LogP contribution in [0.2, 0.25) is 0 Å². The van der Waals surface area contributed by atoms with Crippen molar-refractivity contribution in [3.8, 4) is 0 Å². The number of likely N-dealkylation sites (tertiary alicyclic amines) is 1. The number of amides is 3. The molecule has 3 amide bonds. The smallest absolute Gasteiger partial charge is 0.250 e. The van der Waals surface area contributed by atoms with Crippen LogP contribution in [0.4, 0.5) is 10.1 Å². The maximum Gasteiger partial charge on any atom is 0.250 e. The van der Waals surface area contributed by atoms with E-state index in [1.54, 1.807) is 0 Å². The number of para-hydroxylation sites is 1. The van der Waals surface area contributed by atoms with Crippen LogP contribution in [0.15, 0.2) is 48.7 Å². The number of nitrogens with one attached hydrogen (secondary N) is 3. The van der Waals surface area contributed by atoms with Gasteiger partial charge in [-0.25, -0.2) is 4.39 Å². The molecule has 4 heterocycles. The predicted molar refractivity (Wildman–Crippen MR) is 124 cm³/mol. The summed E-state index contributed by atoms with van der Waals surface area (Å²) in [5.74, 6) is -3.22. The zero-order valence-electron chi connectivity index (χ0n) is 18.9. The minimum absolute atomic E-state index is 0.267. The highest BCUT2D eigenvalue weighted by Crippen LogP contribution is 2.53. The minimum Gasteiger partial charge on any atom is -0.361 e. The van der Waals surface area contributed by atoms with Gasteiger partial charge in [-0.3, -0.25) is 24.6 Å². The third kappa shape index (κ3) is 2.63. The summed E-state index contributed by atoms with van der Waals surface area (Å²) in [7, 11) is 0. The zero-order chi connectivity index (χ0) is 23.8. The molecular formula is C26H25FN4O3. The number of hydrogen-bond acceptors (Lipinski definition) is 4. The number of carbonyl (C=O) groups excluding carboxylic acids is 3. The lowest BCUT2D eigenvalue weighted by atomic mass is 9.76. The molecule has 0 bridgehead atoms. The predicted octanol–water partition coefficient (Wildman–Crippen LogP) is 3.07. The first-order chi connectivity index (χ1) is 16.4. The van der Waals surface area contributed by atoms with E-state index in [0.29, 0.717) is 24.1 Å². The summed E-state index contributed by atoms with van der Waals surface area (Å²) in [6, 6.07) is 11.2. The SMILES string of the molecule is CC[C@H](C)N1C(=O)[C@H]2[C@@H](C1=O)[C@]1(N[C@@H]2Cc2c[nH]c3ccccc23)C(=O)Nc2ccc(F)cc21. The average molecular weight is 461 g/mol. The number of halogens is 1. The molecule has 2 saturated heterocycles. The third-order valence-corrected chi connectivity index (χ3v) is 7.86. The van der Waals surface area contributed by atoms with E-state index in [1.807, 2.05) is 44.3 Å². The Balaban J connectivity index is 1.50. The molecule has 2 fully saturated rings. The molecule has 7 nitrogen and oxygen atoms in total. The van der Waals surface area contributed by atoms with Crippen LogP contribution in [0.5, 0.6) is 0 Å². The van der Waals surface area contributed by atoms with Crippen LogP contribution in [-0.4, -0.2) is 39.7 Å². The van der Waals surface area contributed by atoms with Crippen LogP contribution in [0.3, 0.4) is 0 Å². The number of hydrogen-bond donors (Lipinski definition) is 3. The van der Waals surface area contributed by atoms with Gasteiger partial charge in [0.05, 0.1) is 11.8 Å². The zero-order valence-corrected chi connectivity index (χ0v) is 18.9. The first kappa shape index (κ1) is 21.0. The van der Waals surface area contributed by atoms with Gasteiger partial charge in [-0.05, 0) is 49.6 Å². The second kappa shape index (κ2) is 7.24. The Hall–Kier alpha value is -3.52. The van der Waals surface area contributed by atoms with E-state index in [4.69, 9.17) is 0 Å². The molecule has 3 aliphatic heterocycles. The van der Waals surface area contributed by atoms with Gasteiger partial charge in [0.1, 0.15) is 11.4 Å². The van der Waals surface area contributed by atoms with Gasteiger partial charge in [0, 0.05) is 40.4 Å². The van der Waals surface area contributed by atoms with E-state index in [-0.39, 0.29) is 17.9 Å². The molecule has 8 heteroatoms. The Morgan fingerprint density at radius 2 is 1.91 bits per heavy atom. The molecular weight excluding hydrogens is 435 g/mol. The van der Waals surface area contributed by atoms with Crippen LogP contribution in [-0.2, 0) is 26.3 Å². The van der Waals surface area contributed by atoms with E-state index < -0.39 is 35.1 Å². The normalized spacial score (nSPS) is 28.6. The lowest BCUT2D eigenvalue weighted by Gasteiger charge is -2.31. The van der Waals surface area contributed by atoms with Crippen molar-refractivity contribution in [1.29, 1.82) is 0 Å². The van der Waals surface area contributed by atoms with Crippen molar-refractivity contribution in [1.82, 2.24) is 15.2 Å². The Bertz CT molecular complexity index is 1370. The van der Waals surface area contributed by atoms with Gasteiger partial charge >= 0.3 is 0 Å². The molecule has 0 radical (unpaired) electrons. The molecule has 3 N–H and O–H groups in total. The maximum atomic E-state index is 14.3. The highest BCUT2D eigenvalue weighted by molar-refractivity contribution is 6.15. The third-order valence-electron chi connectivity index (χ3n) is 7.86. The molecule has 5 atom stereocenters. The first-order valence-electron chi connectivity index (χ1n) is 11.7. The molecule has 1 spiro atoms. The fraction of sp³-hybridized carbons (Fsp3) is 0.346. The van der Waals surface area contributed by atoms with Crippen molar-refractivity contribution in [2.24, 2.45) is 11.8 Å². The minimum atomic E-state index is -1.49. The van der Waals surface area contributed by atoms with Gasteiger partial charge in [-0.15, -0.1) is 0 Å². The molecule has 3 aliphatic rings. The van der Waals surface area contributed by atoms with Gasteiger partial charge in [0.2, 0.25) is 17.7 Å². The molecule has 2 aromatic carbocycles. The highest BCUT2D eigenvalue weighted by atomic mass is 19.1. The van der Waals surface area contributed by atoms with Crippen molar-refractivity contribution >= 4 is 34.3 Å². The molecule has 0 aliphatic carbocycles. The van der Waals surface area contributed by atoms with Gasteiger partial charge in [0.15, 0.2) is 0 Å². The van der Waals surface area contributed by atoms with E-state index in [0.717, 1.165) is 16.5 Å². The summed E-state index contributed by atoms with van der Waals surface area (Å²) >= 11 is 0. The van der Waals surface area contributed by atoms with E-state index in [9.17, 15) is 18.8 Å². The van der Waals surface area contributed by atoms with E-state index in [1.165, 1.54) is 23.1 Å². The Morgan fingerprint density at radius 3 is 2.71 bits per heavy atom. The summed E-state index contributed by atoms with van der Waals surface area (Å²) in [5, 5.41) is 7.23. The van der Waals surface area contributed by atoms with Crippen molar-refractivity contribution in [3.63, 3.8) is 0 Å². The summed E-state index contributed by atoms with van der Waals surface area (Å²) in [4.78, 5) is 45.5. The molecule has 0 saturated carbocycles. The van der Waals surface area contributed by atoms with E-state index >= 15 is 0 Å². The molecule has 6 rings (SSSR count). The first-order valence-corrected chi connectivity index (χ1v) is 11.7. The van der Waals surface area contributed by atoms with Crippen LogP contribution in [0.1, 0.15) is 31.4 Å². The highest BCUT2D eigenvalue weighted by Gasteiger charge is 2.70. The topological polar surface area (TPSA) is 94.3 Å². The number of fused-ring (bicyclic) bond motifs is 5. The lowest BCUT2D eigenvalue weighted by Crippen LogP contribution is -2.54. The van der Waals surface area contributed by atoms with Crippen molar-refractivity contribution < 1.29 is 18.8 Å². The summed E-state index contributed by atoms with van der Waals surface area (Å²) in [6.07, 6.45) is 2.96. The number of nitrogens with zero attached hydrogens (tertiary/aromatic N) is 1. The number of benzene rings is 2. The molecule has 3 aromatic rings. The quantitative estimate of drug-likeness (QED) is 0.522. The van der Waals surface area contributed by atoms with Crippen LogP contribution in [0.25, 0.3) is 10.9 Å². The maximum absolute atomic E-state index is 14.3. The van der Waals surface area contributed by atoms with Gasteiger partial charge in [-0.2, -0.15) is 0 Å². The van der Waals surface area contributed by atoms with Crippen molar-refractivity contribution in [2.75, 3.05) is 5.32 Å².